The van der Waals surface area contributed by atoms with Gasteiger partial charge in [0.25, 0.3) is 0 Å². The number of likely N-dealkylation sites (N-methyl/N-ethyl adjacent to an activating group) is 1. The molecule has 15 heteroatoms. The maximum absolute atomic E-state index is 13.0. The van der Waals surface area contributed by atoms with E-state index in [0.29, 0.717) is 56.2 Å². The van der Waals surface area contributed by atoms with Crippen molar-refractivity contribution in [2.45, 2.75) is 26.1 Å². The SMILES string of the molecule is COc1ccccc1-c1nccc(COc2ccccc2C[C@@H](Oc2ncnc3sc(-c4ccc(O)cc4)c(-c4ccc(OCCN5CCN(C)CC5)c(Cl)c4C)c23)C(=O)O)n1. The van der Waals surface area contributed by atoms with Gasteiger partial charge in [-0.05, 0) is 90.8 Å². The van der Waals surface area contributed by atoms with Crippen molar-refractivity contribution < 1.29 is 34.0 Å². The zero-order chi connectivity index (χ0) is 43.2. The summed E-state index contributed by atoms with van der Waals surface area (Å²) in [6, 6.07) is 27.2. The number of nitrogens with zero attached hydrogens (tertiary/aromatic N) is 6. The Morgan fingerprint density at radius 2 is 1.63 bits per heavy atom. The molecule has 62 heavy (non-hydrogen) atoms. The number of carbonyl (C=O) groups is 1. The number of hydrogen-bond donors (Lipinski definition) is 2. The van der Waals surface area contributed by atoms with Crippen LogP contribution in [0.5, 0.6) is 28.9 Å². The van der Waals surface area contributed by atoms with Gasteiger partial charge in [-0.15, -0.1) is 11.3 Å². The molecule has 1 aliphatic heterocycles. The first-order chi connectivity index (χ1) is 30.2. The predicted octanol–water partition coefficient (Wildman–Crippen LogP) is 8.44. The molecule has 0 saturated carbocycles. The molecule has 4 heterocycles. The van der Waals surface area contributed by atoms with E-state index in [-0.39, 0.29) is 24.7 Å². The lowest BCUT2D eigenvalue weighted by Crippen LogP contribution is -2.45. The number of fused-ring (bicyclic) bond motifs is 1. The fraction of sp³-hybridized carbons (Fsp3) is 0.255. The Hall–Kier alpha value is -6.32. The highest BCUT2D eigenvalue weighted by Crippen LogP contribution is 2.49. The minimum absolute atomic E-state index is 0.0391. The second-order valence-corrected chi connectivity index (χ2v) is 16.2. The van der Waals surface area contributed by atoms with E-state index in [0.717, 1.165) is 65.4 Å². The average Bonchev–Trinajstić information content (AvgIpc) is 3.68. The monoisotopic (exact) mass is 872 g/mol. The molecule has 0 bridgehead atoms. The minimum Gasteiger partial charge on any atom is -0.508 e. The van der Waals surface area contributed by atoms with Crippen LogP contribution in [0.1, 0.15) is 16.8 Å². The number of benzene rings is 4. The Bertz CT molecular complexity index is 2690. The molecule has 1 aliphatic rings. The summed E-state index contributed by atoms with van der Waals surface area (Å²) in [5.74, 6) is 1.24. The summed E-state index contributed by atoms with van der Waals surface area (Å²) in [6.45, 7) is 7.34. The Labute approximate surface area is 368 Å². The van der Waals surface area contributed by atoms with E-state index in [9.17, 15) is 15.0 Å². The number of carboxylic acids is 1. The van der Waals surface area contributed by atoms with Crippen molar-refractivity contribution in [3.63, 3.8) is 0 Å². The first kappa shape index (κ1) is 42.4. The van der Waals surface area contributed by atoms with Crippen molar-refractivity contribution in [1.29, 1.82) is 0 Å². The molecule has 8 rings (SSSR count). The van der Waals surface area contributed by atoms with Crippen molar-refractivity contribution in [2.75, 3.05) is 53.5 Å². The molecule has 1 fully saturated rings. The number of carboxylic acid groups (broad SMARTS) is 1. The number of methoxy groups -OCH3 is 1. The second-order valence-electron chi connectivity index (χ2n) is 14.9. The Kier molecular flexibility index (Phi) is 13.1. The van der Waals surface area contributed by atoms with Gasteiger partial charge in [-0.2, -0.15) is 0 Å². The van der Waals surface area contributed by atoms with E-state index in [2.05, 4.69) is 31.8 Å². The fourth-order valence-corrected chi connectivity index (χ4v) is 8.75. The number of halogens is 1. The molecular weight excluding hydrogens is 828 g/mol. The number of aliphatic carboxylic acids is 1. The molecule has 4 aromatic carbocycles. The van der Waals surface area contributed by atoms with Gasteiger partial charge in [0.2, 0.25) is 12.0 Å². The van der Waals surface area contributed by atoms with E-state index in [1.807, 2.05) is 73.7 Å². The molecule has 0 spiro atoms. The summed E-state index contributed by atoms with van der Waals surface area (Å²) in [5, 5.41) is 21.8. The van der Waals surface area contributed by atoms with Gasteiger partial charge in [-0.25, -0.2) is 24.7 Å². The lowest BCUT2D eigenvalue weighted by Gasteiger charge is -2.32. The summed E-state index contributed by atoms with van der Waals surface area (Å²) in [4.78, 5) is 37.4. The van der Waals surface area contributed by atoms with Gasteiger partial charge < -0.3 is 34.1 Å². The average molecular weight is 873 g/mol. The van der Waals surface area contributed by atoms with Crippen molar-refractivity contribution in [3.8, 4) is 61.8 Å². The molecule has 0 unspecified atom stereocenters. The van der Waals surface area contributed by atoms with E-state index in [1.165, 1.54) is 17.7 Å². The predicted molar refractivity (Wildman–Crippen MR) is 240 cm³/mol. The largest absolute Gasteiger partial charge is 0.508 e. The number of thiophene rings is 1. The maximum atomic E-state index is 13.0. The third-order valence-corrected chi connectivity index (χ3v) is 12.4. The molecule has 0 aliphatic carbocycles. The van der Waals surface area contributed by atoms with Crippen LogP contribution >= 0.6 is 22.9 Å². The number of rotatable bonds is 16. The van der Waals surface area contributed by atoms with E-state index in [1.54, 1.807) is 37.6 Å². The topological polar surface area (TPSA) is 152 Å². The van der Waals surface area contributed by atoms with Gasteiger partial charge >= 0.3 is 5.97 Å². The number of aromatic hydroxyl groups is 1. The van der Waals surface area contributed by atoms with Crippen molar-refractivity contribution in [1.82, 2.24) is 29.7 Å². The highest BCUT2D eigenvalue weighted by molar-refractivity contribution is 7.22. The van der Waals surface area contributed by atoms with Crippen molar-refractivity contribution in [3.05, 3.63) is 125 Å². The molecule has 3 aromatic heterocycles. The van der Waals surface area contributed by atoms with Crippen LogP contribution in [0.15, 0.2) is 104 Å². The minimum atomic E-state index is -1.36. The fourth-order valence-electron chi connectivity index (χ4n) is 7.38. The summed E-state index contributed by atoms with van der Waals surface area (Å²) >= 11 is 8.48. The van der Waals surface area contributed by atoms with Gasteiger partial charge in [0.15, 0.2) is 5.82 Å². The lowest BCUT2D eigenvalue weighted by atomic mass is 9.96. The third-order valence-electron chi connectivity index (χ3n) is 10.8. The Morgan fingerprint density at radius 1 is 0.871 bits per heavy atom. The molecular formula is C47H45ClN6O7S. The molecule has 0 amide bonds. The molecule has 318 valence electrons. The van der Waals surface area contributed by atoms with Crippen LogP contribution in [0.2, 0.25) is 5.02 Å². The van der Waals surface area contributed by atoms with Gasteiger partial charge in [0.1, 0.15) is 47.4 Å². The first-order valence-corrected chi connectivity index (χ1v) is 21.3. The van der Waals surface area contributed by atoms with Crippen molar-refractivity contribution in [2.24, 2.45) is 0 Å². The number of hydrogen-bond acceptors (Lipinski definition) is 13. The van der Waals surface area contributed by atoms with E-state index < -0.39 is 12.1 Å². The lowest BCUT2D eigenvalue weighted by molar-refractivity contribution is -0.145. The van der Waals surface area contributed by atoms with Gasteiger partial charge in [0, 0.05) is 55.8 Å². The molecule has 13 nitrogen and oxygen atoms in total. The maximum Gasteiger partial charge on any atom is 0.345 e. The zero-order valence-electron chi connectivity index (χ0n) is 34.5. The van der Waals surface area contributed by atoms with Crippen LogP contribution in [0.25, 0.3) is 43.2 Å². The molecule has 1 atom stereocenters. The smallest absolute Gasteiger partial charge is 0.345 e. The van der Waals surface area contributed by atoms with E-state index in [4.69, 9.17) is 35.5 Å². The third kappa shape index (κ3) is 9.43. The van der Waals surface area contributed by atoms with Gasteiger partial charge in [-0.3, -0.25) is 4.90 Å². The second kappa shape index (κ2) is 19.2. The number of aromatic nitrogens is 4. The molecule has 7 aromatic rings. The van der Waals surface area contributed by atoms with Crippen LogP contribution in [0, 0.1) is 6.92 Å². The van der Waals surface area contributed by atoms with E-state index >= 15 is 0 Å². The van der Waals surface area contributed by atoms with Crippen LogP contribution < -0.4 is 18.9 Å². The summed E-state index contributed by atoms with van der Waals surface area (Å²) in [7, 11) is 3.73. The Balaban J connectivity index is 1.08. The number of phenolic OH excluding ortho intramolecular Hbond substituents is 1. The number of piperazine rings is 1. The number of ether oxygens (including phenoxy) is 4. The summed E-state index contributed by atoms with van der Waals surface area (Å²) in [6.07, 6.45) is 1.63. The molecule has 2 N–H and O–H groups in total. The first-order valence-electron chi connectivity index (χ1n) is 20.1. The molecule has 0 radical (unpaired) electrons. The summed E-state index contributed by atoms with van der Waals surface area (Å²) in [5.41, 5.74) is 5.07. The standard InChI is InChI=1S/C47H45ClN6O7S/c1-29-34(16-17-38(42(29)48)59-25-24-54-22-20-53(2)21-23-54)40-41-45(50-28-51-46(41)62-43(40)30-12-14-33(55)15-13-30)61-39(47(56)57)26-31-8-4-6-10-36(31)60-27-32-18-19-49-44(52-32)35-9-5-7-11-37(35)58-3/h4-19,28,39,55H,20-27H2,1-3H3,(H,56,57)/t39-/m1/s1. The quantitative estimate of drug-likeness (QED) is 0.0957. The van der Waals surface area contributed by atoms with Gasteiger partial charge in [0.05, 0.1) is 28.8 Å². The highest BCUT2D eigenvalue weighted by Gasteiger charge is 2.28. The summed E-state index contributed by atoms with van der Waals surface area (Å²) < 4.78 is 24.4. The number of para-hydroxylation sites is 2. The van der Waals surface area contributed by atoms with Crippen molar-refractivity contribution >= 4 is 39.1 Å². The van der Waals surface area contributed by atoms with Crippen LogP contribution in [0.4, 0.5) is 0 Å². The number of phenols is 1. The van der Waals surface area contributed by atoms with Gasteiger partial charge in [-0.1, -0.05) is 48.0 Å². The molecule has 1 saturated heterocycles. The van der Waals surface area contributed by atoms with Crippen LogP contribution in [-0.2, 0) is 17.8 Å². The zero-order valence-corrected chi connectivity index (χ0v) is 36.0. The highest BCUT2D eigenvalue weighted by atomic mass is 35.5. The van der Waals surface area contributed by atoms with Crippen LogP contribution in [0.3, 0.4) is 0 Å². The normalized spacial score (nSPS) is 13.8. The Morgan fingerprint density at radius 3 is 2.40 bits per heavy atom. The van der Waals surface area contributed by atoms with Crippen LogP contribution in [-0.4, -0.2) is 106 Å².